The van der Waals surface area contributed by atoms with E-state index in [1.807, 2.05) is 31.2 Å². The molecule has 29 heavy (non-hydrogen) atoms. The maximum absolute atomic E-state index is 12.9. The van der Waals surface area contributed by atoms with Crippen LogP contribution >= 0.6 is 11.6 Å². The van der Waals surface area contributed by atoms with Crippen LogP contribution in [0.5, 0.6) is 0 Å². The van der Waals surface area contributed by atoms with Gasteiger partial charge in [-0.15, -0.1) is 0 Å². The first-order chi connectivity index (χ1) is 13.8. The molecule has 1 aliphatic heterocycles. The van der Waals surface area contributed by atoms with E-state index in [0.717, 1.165) is 5.56 Å². The first-order valence-corrected chi connectivity index (χ1v) is 10.5. The van der Waals surface area contributed by atoms with E-state index in [9.17, 15) is 19.1 Å². The van der Waals surface area contributed by atoms with Crippen molar-refractivity contribution in [2.75, 3.05) is 5.32 Å². The van der Waals surface area contributed by atoms with Crippen LogP contribution in [0.25, 0.3) is 5.69 Å². The summed E-state index contributed by atoms with van der Waals surface area (Å²) in [6, 6.07) is 11.3. The smallest absolute Gasteiger partial charge is 0.282 e. The average Bonchev–Trinajstić information content (AvgIpc) is 3.19. The first-order valence-electron chi connectivity index (χ1n) is 8.61. The maximum Gasteiger partial charge on any atom is 0.282 e. The second-order valence-corrected chi connectivity index (χ2v) is 8.52. The van der Waals surface area contributed by atoms with Crippen LogP contribution in [-0.2, 0) is 22.3 Å². The van der Waals surface area contributed by atoms with Crippen molar-refractivity contribution < 1.29 is 13.9 Å². The Bertz CT molecular complexity index is 1170. The number of aryl methyl sites for hydroxylation is 1. The van der Waals surface area contributed by atoms with Gasteiger partial charge in [0, 0.05) is 27.5 Å². The number of halogens is 1. The molecule has 0 fully saturated rings. The van der Waals surface area contributed by atoms with E-state index in [1.54, 1.807) is 4.68 Å². The van der Waals surface area contributed by atoms with Crippen LogP contribution in [0.4, 0.5) is 11.5 Å². The lowest BCUT2D eigenvalue weighted by atomic mass is 10.1. The minimum atomic E-state index is -1.10. The van der Waals surface area contributed by atoms with Crippen molar-refractivity contribution in [1.82, 2.24) is 9.78 Å². The van der Waals surface area contributed by atoms with E-state index in [-0.39, 0.29) is 22.0 Å². The number of hydrogen-bond donors (Lipinski definition) is 1. The highest BCUT2D eigenvalue weighted by atomic mass is 35.5. The van der Waals surface area contributed by atoms with Gasteiger partial charge in [0.2, 0.25) is 0 Å². The minimum Gasteiger partial charge on any atom is -0.306 e. The number of rotatable bonds is 4. The summed E-state index contributed by atoms with van der Waals surface area (Å²) in [7, 11) is -1.10. The molecule has 10 heteroatoms. The second-order valence-electron chi connectivity index (χ2n) is 6.62. The fraction of sp³-hybridized carbons (Fsp3) is 0.158. The highest BCUT2D eigenvalue weighted by Crippen LogP contribution is 2.32. The van der Waals surface area contributed by atoms with Gasteiger partial charge in [0.25, 0.3) is 11.6 Å². The molecule has 3 aromatic rings. The van der Waals surface area contributed by atoms with Crippen molar-refractivity contribution in [2.45, 2.75) is 18.4 Å². The topological polar surface area (TPSA) is 107 Å². The third-order valence-corrected chi connectivity index (χ3v) is 6.02. The predicted octanol–water partition coefficient (Wildman–Crippen LogP) is 3.76. The van der Waals surface area contributed by atoms with Gasteiger partial charge in [-0.3, -0.25) is 19.1 Å². The highest BCUT2D eigenvalue weighted by Gasteiger charge is 2.30. The predicted molar refractivity (Wildman–Crippen MR) is 110 cm³/mol. The Morgan fingerprint density at radius 2 is 1.97 bits per heavy atom. The summed E-state index contributed by atoms with van der Waals surface area (Å²) >= 11 is 5.94. The summed E-state index contributed by atoms with van der Waals surface area (Å²) in [6.45, 7) is 1.96. The number of carbonyl (C=O) groups excluding carboxylic acids is 1. The number of hydrogen-bond acceptors (Lipinski definition) is 5. The molecule has 1 aromatic heterocycles. The Morgan fingerprint density at radius 3 is 2.66 bits per heavy atom. The molecule has 1 atom stereocenters. The summed E-state index contributed by atoms with van der Waals surface area (Å²) in [5, 5.41) is 18.8. The lowest BCUT2D eigenvalue weighted by Crippen LogP contribution is -2.18. The van der Waals surface area contributed by atoms with E-state index >= 15 is 0 Å². The largest absolute Gasteiger partial charge is 0.306 e. The zero-order valence-corrected chi connectivity index (χ0v) is 16.8. The van der Waals surface area contributed by atoms with Crippen LogP contribution in [0.2, 0.25) is 5.02 Å². The van der Waals surface area contributed by atoms with Crippen molar-refractivity contribution >= 4 is 39.8 Å². The zero-order chi connectivity index (χ0) is 20.7. The maximum atomic E-state index is 12.9. The van der Waals surface area contributed by atoms with Gasteiger partial charge in [0.1, 0.15) is 11.4 Å². The molecule has 148 valence electrons. The Hall–Kier alpha value is -3.04. The molecule has 1 aliphatic rings. The molecule has 0 aliphatic carbocycles. The Labute approximate surface area is 173 Å². The minimum absolute atomic E-state index is 0.160. The molecule has 1 N–H and O–H groups in total. The van der Waals surface area contributed by atoms with Gasteiger partial charge in [-0.05, 0) is 31.2 Å². The first kappa shape index (κ1) is 19.3. The molecule has 4 rings (SSSR count). The van der Waals surface area contributed by atoms with Gasteiger partial charge in [-0.25, -0.2) is 4.68 Å². The number of amides is 1. The number of nitro groups is 1. The van der Waals surface area contributed by atoms with E-state index < -0.39 is 21.6 Å². The molecule has 0 radical (unpaired) electrons. The fourth-order valence-electron chi connectivity index (χ4n) is 3.15. The lowest BCUT2D eigenvalue weighted by molar-refractivity contribution is -0.385. The molecule has 0 saturated heterocycles. The van der Waals surface area contributed by atoms with Crippen molar-refractivity contribution in [3.05, 3.63) is 80.0 Å². The summed E-state index contributed by atoms with van der Waals surface area (Å²) in [5.41, 5.74) is 2.57. The highest BCUT2D eigenvalue weighted by molar-refractivity contribution is 7.83. The van der Waals surface area contributed by atoms with Crippen LogP contribution < -0.4 is 5.32 Å². The molecule has 0 saturated carbocycles. The van der Waals surface area contributed by atoms with E-state index in [0.29, 0.717) is 28.5 Å². The molecular formula is C19H15ClN4O4S. The van der Waals surface area contributed by atoms with E-state index in [4.69, 9.17) is 11.6 Å². The number of aromatic nitrogens is 2. The van der Waals surface area contributed by atoms with E-state index in [1.165, 1.54) is 18.2 Å². The molecule has 2 heterocycles. The van der Waals surface area contributed by atoms with Crippen molar-refractivity contribution in [3.63, 3.8) is 0 Å². The van der Waals surface area contributed by atoms with Gasteiger partial charge in [0.15, 0.2) is 0 Å². The lowest BCUT2D eigenvalue weighted by Gasteiger charge is -2.11. The van der Waals surface area contributed by atoms with Gasteiger partial charge >= 0.3 is 0 Å². The number of nitro benzene ring substituents is 1. The van der Waals surface area contributed by atoms with Crippen molar-refractivity contribution in [3.8, 4) is 5.69 Å². The van der Waals surface area contributed by atoms with Crippen molar-refractivity contribution in [1.29, 1.82) is 0 Å². The van der Waals surface area contributed by atoms with Crippen LogP contribution in [0, 0.1) is 17.0 Å². The standard InChI is InChI=1S/C19H15ClN4O4S/c1-11-2-5-13(6-3-11)23-18(15-9-29(28)10-16(15)22-23)21-19(25)14-8-12(20)4-7-17(14)24(26)27/h2-8H,9-10H2,1H3,(H,21,25). The molecule has 0 spiro atoms. The normalized spacial score (nSPS) is 15.2. The molecule has 8 nitrogen and oxygen atoms in total. The second kappa shape index (κ2) is 7.41. The molecule has 2 aromatic carbocycles. The SMILES string of the molecule is Cc1ccc(-n2nc3c(c2NC(=O)c2cc(Cl)ccc2[N+](=O)[O-])CS(=O)C3)cc1. The number of carbonyl (C=O) groups is 1. The summed E-state index contributed by atoms with van der Waals surface area (Å²) in [5.74, 6) is 0.227. The molecular weight excluding hydrogens is 416 g/mol. The molecule has 0 bridgehead atoms. The number of nitrogens with one attached hydrogen (secondary N) is 1. The summed E-state index contributed by atoms with van der Waals surface area (Å²) in [6.07, 6.45) is 0. The summed E-state index contributed by atoms with van der Waals surface area (Å²) in [4.78, 5) is 23.6. The molecule has 1 unspecified atom stereocenters. The summed E-state index contributed by atoms with van der Waals surface area (Å²) < 4.78 is 13.6. The number of anilines is 1. The number of nitrogens with zero attached hydrogens (tertiary/aromatic N) is 3. The quantitative estimate of drug-likeness (QED) is 0.501. The van der Waals surface area contributed by atoms with Gasteiger partial charge in [-0.2, -0.15) is 5.10 Å². The molecule has 1 amide bonds. The van der Waals surface area contributed by atoms with Crippen LogP contribution in [0.3, 0.4) is 0 Å². The Morgan fingerprint density at radius 1 is 1.24 bits per heavy atom. The number of fused-ring (bicyclic) bond motifs is 1. The van der Waals surface area contributed by atoms with Gasteiger partial charge < -0.3 is 5.32 Å². The van der Waals surface area contributed by atoms with Crippen LogP contribution in [0.1, 0.15) is 27.2 Å². The van der Waals surface area contributed by atoms with Crippen LogP contribution in [-0.4, -0.2) is 24.8 Å². The van der Waals surface area contributed by atoms with E-state index in [2.05, 4.69) is 10.4 Å². The average molecular weight is 431 g/mol. The van der Waals surface area contributed by atoms with Crippen molar-refractivity contribution in [2.24, 2.45) is 0 Å². The Balaban J connectivity index is 1.78. The third-order valence-electron chi connectivity index (χ3n) is 4.58. The third kappa shape index (κ3) is 3.66. The van der Waals surface area contributed by atoms with Gasteiger partial charge in [0.05, 0.1) is 27.8 Å². The zero-order valence-electron chi connectivity index (χ0n) is 15.2. The van der Waals surface area contributed by atoms with Crippen LogP contribution in [0.15, 0.2) is 42.5 Å². The number of benzene rings is 2. The monoisotopic (exact) mass is 430 g/mol. The fourth-order valence-corrected chi connectivity index (χ4v) is 4.59. The Kier molecular flexibility index (Phi) is 4.93. The van der Waals surface area contributed by atoms with Gasteiger partial charge in [-0.1, -0.05) is 29.3 Å².